The second-order valence-corrected chi connectivity index (χ2v) is 7.80. The van der Waals surface area contributed by atoms with Crippen molar-refractivity contribution < 1.29 is 9.59 Å². The van der Waals surface area contributed by atoms with Crippen LogP contribution in [-0.4, -0.2) is 54.6 Å². The molecule has 2 amide bonds. The van der Waals surface area contributed by atoms with Gasteiger partial charge in [0.2, 0.25) is 5.91 Å². The van der Waals surface area contributed by atoms with Crippen molar-refractivity contribution >= 4 is 17.6 Å². The number of nitrogens with zero attached hydrogens (tertiary/aromatic N) is 2. The number of likely N-dealkylation sites (tertiary alicyclic amines) is 1. The molecule has 1 aliphatic heterocycles. The second-order valence-electron chi connectivity index (χ2n) is 7.80. The van der Waals surface area contributed by atoms with Gasteiger partial charge in [0.25, 0.3) is 5.91 Å². The highest BCUT2D eigenvalue weighted by Gasteiger charge is 2.25. The minimum atomic E-state index is 0.0425. The van der Waals surface area contributed by atoms with Gasteiger partial charge in [-0.05, 0) is 42.0 Å². The maximum Gasteiger partial charge on any atom is 0.253 e. The van der Waals surface area contributed by atoms with Crippen LogP contribution in [0, 0.1) is 11.3 Å². The van der Waals surface area contributed by atoms with Crippen molar-refractivity contribution in [2.45, 2.75) is 19.3 Å². The Morgan fingerprint density at radius 2 is 1.45 bits per heavy atom. The molecular weight excluding hydrogens is 364 g/mol. The first-order chi connectivity index (χ1) is 13.8. The fourth-order valence-corrected chi connectivity index (χ4v) is 3.60. The Bertz CT molecular complexity index is 880. The van der Waals surface area contributed by atoms with E-state index in [0.29, 0.717) is 36.6 Å². The number of nitrogen functional groups attached to an aromatic ring is 1. The van der Waals surface area contributed by atoms with E-state index in [2.05, 4.69) is 0 Å². The highest BCUT2D eigenvalue weighted by Crippen LogP contribution is 2.24. The molecule has 2 aromatic carbocycles. The third-order valence-electron chi connectivity index (χ3n) is 5.52. The molecule has 0 spiro atoms. The molecule has 0 atom stereocenters. The minimum Gasteiger partial charge on any atom is -0.384 e. The summed E-state index contributed by atoms with van der Waals surface area (Å²) in [6.07, 6.45) is 2.30. The molecular formula is C23H28N4O2. The van der Waals surface area contributed by atoms with E-state index in [0.717, 1.165) is 24.0 Å². The lowest BCUT2D eigenvalue weighted by Crippen LogP contribution is -2.39. The molecule has 0 aliphatic carbocycles. The number of carbonyl (C=O) groups excluding carboxylic acids is 2. The van der Waals surface area contributed by atoms with Crippen molar-refractivity contribution in [1.82, 2.24) is 9.80 Å². The van der Waals surface area contributed by atoms with Crippen molar-refractivity contribution in [3.63, 3.8) is 0 Å². The van der Waals surface area contributed by atoms with Crippen molar-refractivity contribution in [2.24, 2.45) is 11.7 Å². The predicted molar refractivity (Wildman–Crippen MR) is 115 cm³/mol. The van der Waals surface area contributed by atoms with Gasteiger partial charge < -0.3 is 15.5 Å². The fourth-order valence-electron chi connectivity index (χ4n) is 3.60. The molecule has 3 rings (SSSR count). The zero-order valence-corrected chi connectivity index (χ0v) is 17.0. The molecule has 3 N–H and O–H groups in total. The molecule has 0 aromatic heterocycles. The van der Waals surface area contributed by atoms with E-state index < -0.39 is 0 Å². The summed E-state index contributed by atoms with van der Waals surface area (Å²) in [4.78, 5) is 28.2. The summed E-state index contributed by atoms with van der Waals surface area (Å²) in [7, 11) is 3.56. The number of rotatable bonds is 5. The zero-order chi connectivity index (χ0) is 21.0. The lowest BCUT2D eigenvalue weighted by atomic mass is 9.92. The van der Waals surface area contributed by atoms with Gasteiger partial charge in [-0.1, -0.05) is 36.4 Å². The molecule has 29 heavy (non-hydrogen) atoms. The van der Waals surface area contributed by atoms with Gasteiger partial charge in [0.1, 0.15) is 5.84 Å². The molecule has 0 saturated carbocycles. The number of piperidine rings is 1. The van der Waals surface area contributed by atoms with Gasteiger partial charge >= 0.3 is 0 Å². The van der Waals surface area contributed by atoms with Crippen molar-refractivity contribution in [1.29, 1.82) is 5.41 Å². The van der Waals surface area contributed by atoms with Crippen LogP contribution < -0.4 is 5.73 Å². The average Bonchev–Trinajstić information content (AvgIpc) is 2.74. The smallest absolute Gasteiger partial charge is 0.253 e. The number of hydrogen-bond acceptors (Lipinski definition) is 3. The zero-order valence-electron chi connectivity index (χ0n) is 17.0. The molecule has 1 aliphatic rings. The number of amidine groups is 1. The predicted octanol–water partition coefficient (Wildman–Crippen LogP) is 2.97. The first-order valence-corrected chi connectivity index (χ1v) is 9.89. The molecule has 1 fully saturated rings. The van der Waals surface area contributed by atoms with Crippen LogP contribution in [-0.2, 0) is 4.79 Å². The van der Waals surface area contributed by atoms with Gasteiger partial charge in [0.15, 0.2) is 0 Å². The maximum atomic E-state index is 12.8. The third kappa shape index (κ3) is 5.02. The van der Waals surface area contributed by atoms with Crippen LogP contribution in [0.1, 0.15) is 35.2 Å². The topological polar surface area (TPSA) is 90.5 Å². The Morgan fingerprint density at radius 3 is 1.90 bits per heavy atom. The molecule has 6 nitrogen and oxygen atoms in total. The molecule has 6 heteroatoms. The average molecular weight is 393 g/mol. The van der Waals surface area contributed by atoms with Gasteiger partial charge in [-0.15, -0.1) is 0 Å². The molecule has 2 aromatic rings. The fraction of sp³-hybridized carbons (Fsp3) is 0.348. The van der Waals surface area contributed by atoms with Crippen LogP contribution in [0.3, 0.4) is 0 Å². The van der Waals surface area contributed by atoms with Crippen LogP contribution in [0.15, 0.2) is 48.5 Å². The summed E-state index contributed by atoms with van der Waals surface area (Å²) in [6, 6.07) is 15.1. The van der Waals surface area contributed by atoms with Gasteiger partial charge in [-0.2, -0.15) is 0 Å². The molecule has 1 saturated heterocycles. The number of nitrogens with two attached hydrogens (primary N) is 1. The summed E-state index contributed by atoms with van der Waals surface area (Å²) < 4.78 is 0. The van der Waals surface area contributed by atoms with E-state index in [4.69, 9.17) is 11.1 Å². The van der Waals surface area contributed by atoms with Crippen molar-refractivity contribution in [3.05, 3.63) is 59.7 Å². The Balaban J connectivity index is 1.59. The number of carbonyl (C=O) groups is 2. The molecule has 152 valence electrons. The van der Waals surface area contributed by atoms with Crippen molar-refractivity contribution in [2.75, 3.05) is 27.2 Å². The highest BCUT2D eigenvalue weighted by molar-refractivity contribution is 5.96. The lowest BCUT2D eigenvalue weighted by Gasteiger charge is -2.32. The molecule has 1 heterocycles. The maximum absolute atomic E-state index is 12.8. The van der Waals surface area contributed by atoms with E-state index in [9.17, 15) is 9.59 Å². The number of hydrogen-bond donors (Lipinski definition) is 2. The summed E-state index contributed by atoms with van der Waals surface area (Å²) >= 11 is 0. The summed E-state index contributed by atoms with van der Waals surface area (Å²) in [5.41, 5.74) is 8.89. The number of nitrogens with one attached hydrogen (secondary N) is 1. The molecule has 0 bridgehead atoms. The number of amides is 2. The van der Waals surface area contributed by atoms with Crippen LogP contribution in [0.25, 0.3) is 11.1 Å². The lowest BCUT2D eigenvalue weighted by molar-refractivity contribution is -0.129. The first kappa shape index (κ1) is 20.6. The van der Waals surface area contributed by atoms with Crippen LogP contribution >= 0.6 is 0 Å². The van der Waals surface area contributed by atoms with E-state index >= 15 is 0 Å². The van der Waals surface area contributed by atoms with E-state index in [1.807, 2.05) is 53.4 Å². The summed E-state index contributed by atoms with van der Waals surface area (Å²) in [6.45, 7) is 1.39. The summed E-state index contributed by atoms with van der Waals surface area (Å²) in [5.74, 6) is 0.601. The van der Waals surface area contributed by atoms with E-state index in [1.54, 1.807) is 19.0 Å². The van der Waals surface area contributed by atoms with Crippen molar-refractivity contribution in [3.8, 4) is 11.1 Å². The Labute approximate surface area is 171 Å². The van der Waals surface area contributed by atoms with Gasteiger partial charge in [0.05, 0.1) is 0 Å². The number of benzene rings is 2. The van der Waals surface area contributed by atoms with E-state index in [1.165, 1.54) is 0 Å². The van der Waals surface area contributed by atoms with Crippen LogP contribution in [0.4, 0.5) is 0 Å². The largest absolute Gasteiger partial charge is 0.384 e. The minimum absolute atomic E-state index is 0.0425. The monoisotopic (exact) mass is 392 g/mol. The second kappa shape index (κ2) is 8.90. The molecule has 0 radical (unpaired) electrons. The standard InChI is InChI=1S/C23H28N4O2/c1-26(2)21(28)15-16-11-13-27(14-12-16)23(29)20-9-5-18(6-10-20)17-3-7-19(8-4-17)22(24)25/h3-10,16H,11-15H2,1-2H3,(H3,24,25). The Kier molecular flexibility index (Phi) is 6.32. The van der Waals surface area contributed by atoms with Gasteiger partial charge in [-0.3, -0.25) is 15.0 Å². The quantitative estimate of drug-likeness (QED) is 0.605. The Hall–Kier alpha value is -3.15. The molecule has 0 unspecified atom stereocenters. The first-order valence-electron chi connectivity index (χ1n) is 9.89. The van der Waals surface area contributed by atoms with E-state index in [-0.39, 0.29) is 17.6 Å². The Morgan fingerprint density at radius 1 is 0.966 bits per heavy atom. The SMILES string of the molecule is CN(C)C(=O)CC1CCN(C(=O)c2ccc(-c3ccc(C(=N)N)cc3)cc2)CC1. The van der Waals surface area contributed by atoms with Gasteiger partial charge in [0, 0.05) is 44.7 Å². The normalized spacial score (nSPS) is 14.5. The van der Waals surface area contributed by atoms with Gasteiger partial charge in [-0.25, -0.2) is 0 Å². The highest BCUT2D eigenvalue weighted by atomic mass is 16.2. The third-order valence-corrected chi connectivity index (χ3v) is 5.52. The summed E-state index contributed by atoms with van der Waals surface area (Å²) in [5, 5.41) is 7.46. The van der Waals surface area contributed by atoms with Crippen LogP contribution in [0.5, 0.6) is 0 Å². The van der Waals surface area contributed by atoms with Crippen LogP contribution in [0.2, 0.25) is 0 Å².